The van der Waals surface area contributed by atoms with Crippen LogP contribution < -0.4 is 5.73 Å². The molecule has 0 bridgehead atoms. The Morgan fingerprint density at radius 2 is 1.76 bits per heavy atom. The standard InChI is InChI=1S/C24H23F2N7/c1-15(32-11-2-3-12-32)16-7-9-17(10-8-16)18-13-19(23(27)28-14-18)24-29-30-31-33(24)21-6-4-5-20(25)22(21)26/h4-10,13-15H,2-3,11-12H2,1H3,(H2,27,28)/t15-/m1/s1. The Labute approximate surface area is 189 Å². The first-order chi connectivity index (χ1) is 16.0. The Hall–Kier alpha value is -3.72. The van der Waals surface area contributed by atoms with Crippen molar-refractivity contribution >= 4 is 5.82 Å². The lowest BCUT2D eigenvalue weighted by Crippen LogP contribution is -2.23. The molecule has 5 rings (SSSR count). The third kappa shape index (κ3) is 3.95. The van der Waals surface area contributed by atoms with Crippen LogP contribution in [0.1, 0.15) is 31.4 Å². The Balaban J connectivity index is 1.49. The summed E-state index contributed by atoms with van der Waals surface area (Å²) in [5.41, 5.74) is 9.46. The molecule has 3 heterocycles. The van der Waals surface area contributed by atoms with Gasteiger partial charge in [-0.3, -0.25) is 4.90 Å². The molecule has 1 aliphatic rings. The molecule has 0 radical (unpaired) electrons. The van der Waals surface area contributed by atoms with Crippen molar-refractivity contribution in [1.82, 2.24) is 30.1 Å². The van der Waals surface area contributed by atoms with Crippen LogP contribution >= 0.6 is 0 Å². The van der Waals surface area contributed by atoms with Crippen LogP contribution in [0.25, 0.3) is 28.2 Å². The van der Waals surface area contributed by atoms with Crippen LogP contribution in [0.5, 0.6) is 0 Å². The highest BCUT2D eigenvalue weighted by Crippen LogP contribution is 2.31. The fraction of sp³-hybridized carbons (Fsp3) is 0.250. The molecule has 7 nitrogen and oxygen atoms in total. The highest BCUT2D eigenvalue weighted by molar-refractivity contribution is 5.76. The van der Waals surface area contributed by atoms with E-state index in [0.717, 1.165) is 35.0 Å². The van der Waals surface area contributed by atoms with E-state index in [2.05, 4.69) is 44.5 Å². The van der Waals surface area contributed by atoms with Crippen molar-refractivity contribution in [2.45, 2.75) is 25.8 Å². The van der Waals surface area contributed by atoms with Gasteiger partial charge in [0.2, 0.25) is 0 Å². The molecular formula is C24H23F2N7. The van der Waals surface area contributed by atoms with E-state index in [0.29, 0.717) is 11.6 Å². The number of halogens is 2. The summed E-state index contributed by atoms with van der Waals surface area (Å²) in [6.45, 7) is 4.50. The number of hydrogen-bond acceptors (Lipinski definition) is 6. The Kier molecular flexibility index (Phi) is 5.55. The molecule has 9 heteroatoms. The first-order valence-corrected chi connectivity index (χ1v) is 10.9. The van der Waals surface area contributed by atoms with E-state index in [-0.39, 0.29) is 17.3 Å². The largest absolute Gasteiger partial charge is 0.383 e. The van der Waals surface area contributed by atoms with Gasteiger partial charge in [-0.15, -0.1) is 5.10 Å². The number of aromatic nitrogens is 5. The van der Waals surface area contributed by atoms with Crippen LogP contribution in [-0.2, 0) is 0 Å². The minimum Gasteiger partial charge on any atom is -0.383 e. The van der Waals surface area contributed by atoms with E-state index in [4.69, 9.17) is 5.73 Å². The lowest BCUT2D eigenvalue weighted by molar-refractivity contribution is 0.263. The second-order valence-corrected chi connectivity index (χ2v) is 8.19. The molecule has 4 aromatic rings. The second kappa shape index (κ2) is 8.67. The zero-order valence-electron chi connectivity index (χ0n) is 18.1. The summed E-state index contributed by atoms with van der Waals surface area (Å²) in [6, 6.07) is 14.3. The SMILES string of the molecule is C[C@H](c1ccc(-c2cnc(N)c(-c3nnnn3-c3cccc(F)c3F)c2)cc1)N1CCCC1. The number of likely N-dealkylation sites (tertiary alicyclic amines) is 1. The van der Waals surface area contributed by atoms with E-state index in [1.54, 1.807) is 12.3 Å². The minimum atomic E-state index is -1.04. The van der Waals surface area contributed by atoms with Crippen molar-refractivity contribution in [1.29, 1.82) is 0 Å². The molecule has 1 saturated heterocycles. The van der Waals surface area contributed by atoms with Gasteiger partial charge in [0.25, 0.3) is 0 Å². The van der Waals surface area contributed by atoms with Gasteiger partial charge in [0.05, 0.1) is 5.56 Å². The topological polar surface area (TPSA) is 85.7 Å². The van der Waals surface area contributed by atoms with Crippen LogP contribution in [0.4, 0.5) is 14.6 Å². The molecule has 2 N–H and O–H groups in total. The van der Waals surface area contributed by atoms with Gasteiger partial charge in [-0.05, 0) is 72.6 Å². The molecule has 33 heavy (non-hydrogen) atoms. The second-order valence-electron chi connectivity index (χ2n) is 8.19. The monoisotopic (exact) mass is 447 g/mol. The number of nitrogens with two attached hydrogens (primary N) is 1. The first kappa shape index (κ1) is 21.1. The molecular weight excluding hydrogens is 424 g/mol. The van der Waals surface area contributed by atoms with E-state index in [1.165, 1.54) is 30.5 Å². The zero-order valence-corrected chi connectivity index (χ0v) is 18.1. The molecule has 0 spiro atoms. The van der Waals surface area contributed by atoms with Gasteiger partial charge in [0.1, 0.15) is 11.5 Å². The predicted octanol–water partition coefficient (Wildman–Crippen LogP) is 4.41. The third-order valence-corrected chi connectivity index (χ3v) is 6.20. The zero-order chi connectivity index (χ0) is 22.9. The van der Waals surface area contributed by atoms with Crippen molar-refractivity contribution in [3.8, 4) is 28.2 Å². The average Bonchev–Trinajstić information content (AvgIpc) is 3.53. The van der Waals surface area contributed by atoms with Gasteiger partial charge in [-0.25, -0.2) is 13.8 Å². The van der Waals surface area contributed by atoms with Crippen molar-refractivity contribution in [3.05, 3.63) is 71.9 Å². The number of hydrogen-bond donors (Lipinski definition) is 1. The van der Waals surface area contributed by atoms with Crippen LogP contribution in [0.2, 0.25) is 0 Å². The molecule has 168 valence electrons. The molecule has 0 unspecified atom stereocenters. The summed E-state index contributed by atoms with van der Waals surface area (Å²) in [4.78, 5) is 6.79. The molecule has 1 aliphatic heterocycles. The van der Waals surface area contributed by atoms with Crippen molar-refractivity contribution in [2.24, 2.45) is 0 Å². The quantitative estimate of drug-likeness (QED) is 0.488. The van der Waals surface area contributed by atoms with Gasteiger partial charge >= 0.3 is 0 Å². The lowest BCUT2D eigenvalue weighted by Gasteiger charge is -2.24. The maximum atomic E-state index is 14.4. The van der Waals surface area contributed by atoms with E-state index >= 15 is 0 Å². The summed E-state index contributed by atoms with van der Waals surface area (Å²) in [6.07, 6.45) is 4.18. The number of anilines is 1. The van der Waals surface area contributed by atoms with Gasteiger partial charge in [0.15, 0.2) is 17.5 Å². The van der Waals surface area contributed by atoms with E-state index in [1.807, 2.05) is 12.1 Å². The van der Waals surface area contributed by atoms with Gasteiger partial charge in [-0.2, -0.15) is 4.68 Å². The average molecular weight is 447 g/mol. The third-order valence-electron chi connectivity index (χ3n) is 6.20. The van der Waals surface area contributed by atoms with Crippen molar-refractivity contribution in [3.63, 3.8) is 0 Å². The molecule has 1 fully saturated rings. The number of nitrogens with zero attached hydrogens (tertiary/aromatic N) is 6. The van der Waals surface area contributed by atoms with Crippen molar-refractivity contribution < 1.29 is 8.78 Å². The summed E-state index contributed by atoms with van der Waals surface area (Å²) in [5.74, 6) is -1.68. The molecule has 0 aliphatic carbocycles. The van der Waals surface area contributed by atoms with Gasteiger partial charge in [-0.1, -0.05) is 30.3 Å². The number of tetrazole rings is 1. The normalized spacial score (nSPS) is 15.1. The van der Waals surface area contributed by atoms with Gasteiger partial charge < -0.3 is 5.73 Å². The molecule has 0 amide bonds. The lowest BCUT2D eigenvalue weighted by atomic mass is 10.0. The highest BCUT2D eigenvalue weighted by Gasteiger charge is 2.21. The number of nitrogen functional groups attached to an aromatic ring is 1. The molecule has 1 atom stereocenters. The summed E-state index contributed by atoms with van der Waals surface area (Å²) >= 11 is 0. The molecule has 0 saturated carbocycles. The summed E-state index contributed by atoms with van der Waals surface area (Å²) in [5, 5.41) is 11.5. The number of pyridine rings is 1. The van der Waals surface area contributed by atoms with E-state index < -0.39 is 11.6 Å². The first-order valence-electron chi connectivity index (χ1n) is 10.9. The fourth-order valence-corrected chi connectivity index (χ4v) is 4.28. The minimum absolute atomic E-state index is 0.111. The number of rotatable bonds is 5. The maximum absolute atomic E-state index is 14.4. The highest BCUT2D eigenvalue weighted by atomic mass is 19.2. The van der Waals surface area contributed by atoms with Crippen LogP contribution in [0, 0.1) is 11.6 Å². The molecule has 2 aromatic heterocycles. The van der Waals surface area contributed by atoms with Crippen LogP contribution in [0.15, 0.2) is 54.7 Å². The smallest absolute Gasteiger partial charge is 0.190 e. The number of benzene rings is 2. The fourth-order valence-electron chi connectivity index (χ4n) is 4.28. The molecule has 2 aromatic carbocycles. The van der Waals surface area contributed by atoms with Crippen LogP contribution in [-0.4, -0.2) is 43.2 Å². The van der Waals surface area contributed by atoms with Crippen LogP contribution in [0.3, 0.4) is 0 Å². The Morgan fingerprint density at radius 1 is 1.00 bits per heavy atom. The Bertz CT molecular complexity index is 1280. The summed E-state index contributed by atoms with van der Waals surface area (Å²) < 4.78 is 29.3. The summed E-state index contributed by atoms with van der Waals surface area (Å²) in [7, 11) is 0. The van der Waals surface area contributed by atoms with Crippen molar-refractivity contribution in [2.75, 3.05) is 18.8 Å². The van der Waals surface area contributed by atoms with E-state index in [9.17, 15) is 8.78 Å². The predicted molar refractivity (Wildman–Crippen MR) is 121 cm³/mol. The van der Waals surface area contributed by atoms with Gasteiger partial charge in [0, 0.05) is 17.8 Å². The Morgan fingerprint density at radius 3 is 2.52 bits per heavy atom. The maximum Gasteiger partial charge on any atom is 0.190 e.